The van der Waals surface area contributed by atoms with E-state index in [-0.39, 0.29) is 19.6 Å². The van der Waals surface area contributed by atoms with E-state index >= 15 is 0 Å². The van der Waals surface area contributed by atoms with Gasteiger partial charge in [0.05, 0.1) is 33.5 Å². The lowest BCUT2D eigenvalue weighted by molar-refractivity contribution is -0.171. The molecule has 0 amide bonds. The van der Waals surface area contributed by atoms with Gasteiger partial charge in [0.1, 0.15) is 0 Å². The summed E-state index contributed by atoms with van der Waals surface area (Å²) in [6.07, 6.45) is 1.51. The van der Waals surface area contributed by atoms with Crippen molar-refractivity contribution in [3.05, 3.63) is 12.2 Å². The Morgan fingerprint density at radius 3 is 2.21 bits per heavy atom. The zero-order valence-corrected chi connectivity index (χ0v) is 14.6. The van der Waals surface area contributed by atoms with Crippen LogP contribution in [0.2, 0.25) is 0 Å². The normalized spacial score (nSPS) is 20.0. The van der Waals surface area contributed by atoms with E-state index in [4.69, 9.17) is 23.7 Å². The summed E-state index contributed by atoms with van der Waals surface area (Å²) >= 11 is 0. The maximum absolute atomic E-state index is 12.3. The van der Waals surface area contributed by atoms with Crippen molar-refractivity contribution in [2.75, 3.05) is 27.4 Å². The molecule has 24 heavy (non-hydrogen) atoms. The van der Waals surface area contributed by atoms with Gasteiger partial charge in [0.2, 0.25) is 0 Å². The summed E-state index contributed by atoms with van der Waals surface area (Å²) in [4.78, 5) is 36.2. The fraction of sp³-hybridized carbons (Fsp3) is 0.688. The van der Waals surface area contributed by atoms with Gasteiger partial charge in [-0.25, -0.2) is 4.79 Å². The molecule has 1 fully saturated rings. The number of methoxy groups -OCH3 is 2. The average molecular weight is 344 g/mol. The molecule has 0 aliphatic carbocycles. The van der Waals surface area contributed by atoms with Crippen molar-refractivity contribution in [1.82, 2.24) is 0 Å². The zero-order valence-electron chi connectivity index (χ0n) is 14.6. The Labute approximate surface area is 141 Å². The second kappa shape index (κ2) is 8.25. The number of ether oxygens (including phenoxy) is 5. The van der Waals surface area contributed by atoms with Crippen LogP contribution < -0.4 is 0 Å². The van der Waals surface area contributed by atoms with Gasteiger partial charge in [-0.15, -0.1) is 0 Å². The Bertz CT molecular complexity index is 492. The molecule has 0 spiro atoms. The maximum Gasteiger partial charge on any atom is 0.330 e. The Hall–Kier alpha value is -1.93. The molecule has 0 unspecified atom stereocenters. The first kappa shape index (κ1) is 20.1. The average Bonchev–Trinajstić information content (AvgIpc) is 2.88. The number of hydrogen-bond donors (Lipinski definition) is 0. The summed E-state index contributed by atoms with van der Waals surface area (Å²) in [5.74, 6) is -3.22. The van der Waals surface area contributed by atoms with Crippen LogP contribution in [0.5, 0.6) is 0 Å². The summed E-state index contributed by atoms with van der Waals surface area (Å²) < 4.78 is 25.4. The summed E-state index contributed by atoms with van der Waals surface area (Å²) in [6.45, 7) is 5.45. The summed E-state index contributed by atoms with van der Waals surface area (Å²) in [6, 6.07) is 0. The van der Waals surface area contributed by atoms with E-state index in [1.54, 1.807) is 20.8 Å². The Balaban J connectivity index is 3.14. The molecule has 0 aromatic rings. The lowest BCUT2D eigenvalue weighted by Crippen LogP contribution is -2.43. The molecule has 1 aliphatic rings. The third-order valence-corrected chi connectivity index (χ3v) is 3.51. The fourth-order valence-electron chi connectivity index (χ4n) is 2.44. The van der Waals surface area contributed by atoms with E-state index in [9.17, 15) is 14.4 Å². The van der Waals surface area contributed by atoms with E-state index in [0.29, 0.717) is 0 Å². The van der Waals surface area contributed by atoms with Crippen LogP contribution >= 0.6 is 0 Å². The molecule has 0 N–H and O–H groups in total. The zero-order chi connectivity index (χ0) is 18.4. The largest absolute Gasteiger partial charge is 0.468 e. The lowest BCUT2D eigenvalue weighted by atomic mass is 9.81. The van der Waals surface area contributed by atoms with E-state index in [0.717, 1.165) is 26.4 Å². The van der Waals surface area contributed by atoms with Crippen LogP contribution in [0.25, 0.3) is 0 Å². The van der Waals surface area contributed by atoms with Crippen LogP contribution in [0.3, 0.4) is 0 Å². The third kappa shape index (κ3) is 4.78. The van der Waals surface area contributed by atoms with Crippen molar-refractivity contribution in [2.24, 2.45) is 5.41 Å². The second-order valence-electron chi connectivity index (χ2n) is 5.69. The summed E-state index contributed by atoms with van der Waals surface area (Å²) in [7, 11) is 2.29. The van der Waals surface area contributed by atoms with Crippen molar-refractivity contribution in [3.8, 4) is 0 Å². The van der Waals surface area contributed by atoms with Gasteiger partial charge in [-0.2, -0.15) is 0 Å². The van der Waals surface area contributed by atoms with Gasteiger partial charge in [-0.3, -0.25) is 9.59 Å². The van der Waals surface area contributed by atoms with Crippen LogP contribution in [0.15, 0.2) is 12.2 Å². The topological polar surface area (TPSA) is 97.4 Å². The fourth-order valence-corrected chi connectivity index (χ4v) is 2.44. The molecule has 1 rings (SSSR count). The van der Waals surface area contributed by atoms with Crippen LogP contribution in [0, 0.1) is 5.41 Å². The SMILES string of the molecule is CCOC(=O)/C=C/C(C[C@H]1COC(C)(C)O1)(C(=O)OC)C(=O)OC. The van der Waals surface area contributed by atoms with Crippen LogP contribution in [0.4, 0.5) is 0 Å². The van der Waals surface area contributed by atoms with Crippen LogP contribution in [0.1, 0.15) is 27.2 Å². The monoisotopic (exact) mass is 344 g/mol. The second-order valence-corrected chi connectivity index (χ2v) is 5.69. The molecule has 1 atom stereocenters. The van der Waals surface area contributed by atoms with Gasteiger partial charge in [0, 0.05) is 12.5 Å². The van der Waals surface area contributed by atoms with Crippen molar-refractivity contribution < 1.29 is 38.1 Å². The van der Waals surface area contributed by atoms with Crippen LogP contribution in [-0.4, -0.2) is 57.2 Å². The molecule has 0 aromatic heterocycles. The molecule has 1 heterocycles. The van der Waals surface area contributed by atoms with Crippen molar-refractivity contribution in [2.45, 2.75) is 39.1 Å². The number of carbonyl (C=O) groups is 3. The minimum Gasteiger partial charge on any atom is -0.468 e. The van der Waals surface area contributed by atoms with Crippen molar-refractivity contribution in [3.63, 3.8) is 0 Å². The molecule has 8 nitrogen and oxygen atoms in total. The van der Waals surface area contributed by atoms with Crippen LogP contribution in [-0.2, 0) is 38.1 Å². The highest BCUT2D eigenvalue weighted by molar-refractivity contribution is 6.03. The van der Waals surface area contributed by atoms with E-state index in [1.807, 2.05) is 0 Å². The van der Waals surface area contributed by atoms with Crippen molar-refractivity contribution >= 4 is 17.9 Å². The Morgan fingerprint density at radius 2 is 1.79 bits per heavy atom. The summed E-state index contributed by atoms with van der Waals surface area (Å²) in [5.41, 5.74) is -1.83. The molecule has 1 saturated heterocycles. The van der Waals surface area contributed by atoms with Gasteiger partial charge in [0.25, 0.3) is 0 Å². The molecule has 0 radical (unpaired) electrons. The summed E-state index contributed by atoms with van der Waals surface area (Å²) in [5, 5.41) is 0. The molecule has 1 aliphatic heterocycles. The van der Waals surface area contributed by atoms with E-state index < -0.39 is 35.2 Å². The van der Waals surface area contributed by atoms with Gasteiger partial charge >= 0.3 is 17.9 Å². The van der Waals surface area contributed by atoms with Gasteiger partial charge in [-0.1, -0.05) is 0 Å². The highest BCUT2D eigenvalue weighted by atomic mass is 16.7. The first-order valence-corrected chi connectivity index (χ1v) is 7.55. The number of esters is 3. The molecular weight excluding hydrogens is 320 g/mol. The minimum absolute atomic E-state index is 0.0916. The number of rotatable bonds is 7. The maximum atomic E-state index is 12.3. The standard InChI is InChI=1S/C16H24O8/c1-6-22-12(17)7-8-16(13(18)20-4,14(19)21-5)9-11-10-23-15(2,3)24-11/h7-8,11H,6,9-10H2,1-5H3/b8-7+/t11-/m0/s1. The Kier molecular flexibility index (Phi) is 6.92. The molecule has 8 heteroatoms. The Morgan fingerprint density at radius 1 is 1.21 bits per heavy atom. The third-order valence-electron chi connectivity index (χ3n) is 3.51. The number of hydrogen-bond acceptors (Lipinski definition) is 8. The first-order valence-electron chi connectivity index (χ1n) is 7.55. The smallest absolute Gasteiger partial charge is 0.330 e. The predicted octanol–water partition coefficient (Wildman–Crippen LogP) is 0.980. The number of carbonyl (C=O) groups excluding carboxylic acids is 3. The van der Waals surface area contributed by atoms with Gasteiger partial charge in [0.15, 0.2) is 11.2 Å². The van der Waals surface area contributed by atoms with E-state index in [1.165, 1.54) is 0 Å². The lowest BCUT2D eigenvalue weighted by Gasteiger charge is -2.27. The van der Waals surface area contributed by atoms with E-state index in [2.05, 4.69) is 0 Å². The highest BCUT2D eigenvalue weighted by Crippen LogP contribution is 2.35. The molecule has 136 valence electrons. The highest BCUT2D eigenvalue weighted by Gasteiger charge is 2.50. The van der Waals surface area contributed by atoms with Gasteiger partial charge < -0.3 is 23.7 Å². The van der Waals surface area contributed by atoms with Crippen molar-refractivity contribution in [1.29, 1.82) is 0 Å². The first-order chi connectivity index (χ1) is 11.2. The predicted molar refractivity (Wildman–Crippen MR) is 81.8 cm³/mol. The minimum atomic E-state index is -1.83. The molecule has 0 bridgehead atoms. The van der Waals surface area contributed by atoms with Gasteiger partial charge in [-0.05, 0) is 26.8 Å². The quantitative estimate of drug-likeness (QED) is 0.292. The molecular formula is C16H24O8. The molecule has 0 aromatic carbocycles. The molecule has 0 saturated carbocycles.